The van der Waals surface area contributed by atoms with Crippen LogP contribution in [0.2, 0.25) is 0 Å². The van der Waals surface area contributed by atoms with Gasteiger partial charge in [-0.15, -0.1) is 0 Å². The van der Waals surface area contributed by atoms with Crippen molar-refractivity contribution >= 4 is 5.82 Å². The van der Waals surface area contributed by atoms with Crippen LogP contribution in [0.25, 0.3) is 0 Å². The summed E-state index contributed by atoms with van der Waals surface area (Å²) >= 11 is 0. The van der Waals surface area contributed by atoms with E-state index in [-0.39, 0.29) is 24.5 Å². The largest absolute Gasteiger partial charge is 0.435 e. The van der Waals surface area contributed by atoms with Crippen LogP contribution in [0.4, 0.5) is 19.0 Å². The normalized spacial score (nSPS) is 12.1. The van der Waals surface area contributed by atoms with E-state index in [0.29, 0.717) is 6.42 Å². The summed E-state index contributed by atoms with van der Waals surface area (Å²) in [6.45, 7) is 3.23. The zero-order chi connectivity index (χ0) is 11.6. The van der Waals surface area contributed by atoms with Gasteiger partial charge in [0.15, 0.2) is 5.69 Å². The Labute approximate surface area is 84.5 Å². The Kier molecular flexibility index (Phi) is 3.23. The van der Waals surface area contributed by atoms with Gasteiger partial charge in [-0.2, -0.15) is 18.3 Å². The lowest BCUT2D eigenvalue weighted by Crippen LogP contribution is -2.09. The summed E-state index contributed by atoms with van der Waals surface area (Å²) in [6, 6.07) is 0. The van der Waals surface area contributed by atoms with E-state index in [2.05, 4.69) is 12.0 Å². The van der Waals surface area contributed by atoms with E-state index < -0.39 is 11.9 Å². The third-order valence-corrected chi connectivity index (χ3v) is 1.89. The zero-order valence-electron chi connectivity index (χ0n) is 7.88. The Morgan fingerprint density at radius 3 is 2.47 bits per heavy atom. The Balaban J connectivity index is 3.02. The molecule has 85 valence electrons. The Hall–Kier alpha value is -1.24. The van der Waals surface area contributed by atoms with Gasteiger partial charge in [-0.05, 0) is 13.3 Å². The van der Waals surface area contributed by atoms with Gasteiger partial charge in [-0.25, -0.2) is 4.68 Å². The van der Waals surface area contributed by atoms with Crippen molar-refractivity contribution in [3.63, 3.8) is 0 Å². The second-order valence-electron chi connectivity index (χ2n) is 3.01. The Bertz CT molecular complexity index is 346. The van der Waals surface area contributed by atoms with Crippen LogP contribution >= 0.6 is 0 Å². The van der Waals surface area contributed by atoms with Crippen LogP contribution in [0, 0.1) is 6.92 Å². The molecule has 4 nitrogen and oxygen atoms in total. The maximum absolute atomic E-state index is 12.3. The standard InChI is InChI=1S/C8H11F3N3O/c1-5-6(8(9,10)11)13-14(7(5)12)3-2-4-15/h15H,1-4,12H2. The molecule has 0 saturated carbocycles. The number of nitrogen functional groups attached to an aromatic ring is 1. The predicted octanol–water partition coefficient (Wildman–Crippen LogP) is 1.05. The molecule has 0 aromatic carbocycles. The Morgan fingerprint density at radius 1 is 1.47 bits per heavy atom. The molecule has 1 aromatic heterocycles. The second kappa shape index (κ2) is 4.09. The molecule has 1 heterocycles. The van der Waals surface area contributed by atoms with Crippen molar-refractivity contribution in [1.82, 2.24) is 9.78 Å². The van der Waals surface area contributed by atoms with E-state index in [1.165, 1.54) is 0 Å². The van der Waals surface area contributed by atoms with Crippen LogP contribution in [0.3, 0.4) is 0 Å². The van der Waals surface area contributed by atoms with Gasteiger partial charge in [-0.1, -0.05) is 0 Å². The monoisotopic (exact) mass is 222 g/mol. The molecule has 0 spiro atoms. The molecule has 0 fully saturated rings. The number of alkyl halides is 3. The fourth-order valence-electron chi connectivity index (χ4n) is 1.13. The fourth-order valence-corrected chi connectivity index (χ4v) is 1.13. The molecule has 3 N–H and O–H groups in total. The molecule has 1 rings (SSSR count). The van der Waals surface area contributed by atoms with Crippen LogP contribution in [0.15, 0.2) is 0 Å². The molecule has 0 unspecified atom stereocenters. The van der Waals surface area contributed by atoms with Crippen molar-refractivity contribution in [2.75, 3.05) is 12.3 Å². The number of aliphatic hydroxyl groups excluding tert-OH is 1. The first-order valence-corrected chi connectivity index (χ1v) is 4.24. The first-order chi connectivity index (χ1) is 6.88. The summed E-state index contributed by atoms with van der Waals surface area (Å²) in [7, 11) is 0. The molecule has 0 aliphatic rings. The number of aromatic nitrogens is 2. The number of hydrogen-bond donors (Lipinski definition) is 2. The maximum Gasteiger partial charge on any atom is 0.435 e. The first kappa shape index (κ1) is 11.8. The molecule has 0 atom stereocenters. The summed E-state index contributed by atoms with van der Waals surface area (Å²) in [4.78, 5) is 0. The van der Waals surface area contributed by atoms with Gasteiger partial charge in [-0.3, -0.25) is 0 Å². The van der Waals surface area contributed by atoms with Crippen molar-refractivity contribution in [2.45, 2.75) is 19.1 Å². The molecule has 1 radical (unpaired) electrons. The smallest absolute Gasteiger partial charge is 0.396 e. The van der Waals surface area contributed by atoms with E-state index in [4.69, 9.17) is 10.8 Å². The number of nitrogens with two attached hydrogens (primary N) is 1. The molecule has 15 heavy (non-hydrogen) atoms. The van der Waals surface area contributed by atoms with E-state index in [1.807, 2.05) is 0 Å². The first-order valence-electron chi connectivity index (χ1n) is 4.24. The number of hydrogen-bond acceptors (Lipinski definition) is 3. The van der Waals surface area contributed by atoms with Crippen molar-refractivity contribution in [2.24, 2.45) is 0 Å². The van der Waals surface area contributed by atoms with Gasteiger partial charge < -0.3 is 10.8 Å². The molecule has 7 heteroatoms. The molecule has 0 saturated heterocycles. The number of rotatable bonds is 3. The van der Waals surface area contributed by atoms with Gasteiger partial charge in [0.25, 0.3) is 0 Å². The number of aryl methyl sites for hydroxylation is 1. The number of aliphatic hydroxyl groups is 1. The summed E-state index contributed by atoms with van der Waals surface area (Å²) in [5.74, 6) is -0.115. The number of nitrogens with zero attached hydrogens (tertiary/aromatic N) is 2. The summed E-state index contributed by atoms with van der Waals surface area (Å²) in [5.41, 5.74) is 4.01. The van der Waals surface area contributed by atoms with Crippen molar-refractivity contribution < 1.29 is 18.3 Å². The SMILES string of the molecule is [CH2]c1c(C(F)(F)F)nn(CCCO)c1N. The minimum absolute atomic E-state index is 0.115. The highest BCUT2D eigenvalue weighted by Gasteiger charge is 2.37. The quantitative estimate of drug-likeness (QED) is 0.803. The van der Waals surface area contributed by atoms with Crippen LogP contribution in [0.1, 0.15) is 17.7 Å². The molecular weight excluding hydrogens is 211 g/mol. The summed E-state index contributed by atoms with van der Waals surface area (Å²) in [6.07, 6.45) is -4.25. The lowest BCUT2D eigenvalue weighted by Gasteiger charge is -2.02. The van der Waals surface area contributed by atoms with Crippen molar-refractivity contribution in [3.8, 4) is 0 Å². The van der Waals surface area contributed by atoms with E-state index in [9.17, 15) is 13.2 Å². The van der Waals surface area contributed by atoms with Crippen molar-refractivity contribution in [1.29, 1.82) is 0 Å². The van der Waals surface area contributed by atoms with Crippen LogP contribution in [0.5, 0.6) is 0 Å². The van der Waals surface area contributed by atoms with Crippen molar-refractivity contribution in [3.05, 3.63) is 18.2 Å². The third kappa shape index (κ3) is 2.41. The van der Waals surface area contributed by atoms with Gasteiger partial charge in [0.2, 0.25) is 0 Å². The maximum atomic E-state index is 12.3. The molecule has 0 aliphatic carbocycles. The molecule has 1 aromatic rings. The lowest BCUT2D eigenvalue weighted by atomic mass is 10.2. The van der Waals surface area contributed by atoms with E-state index in [1.54, 1.807) is 0 Å². The van der Waals surface area contributed by atoms with Crippen LogP contribution in [-0.4, -0.2) is 21.5 Å². The molecule has 0 aliphatic heterocycles. The van der Waals surface area contributed by atoms with Crippen LogP contribution < -0.4 is 5.73 Å². The third-order valence-electron chi connectivity index (χ3n) is 1.89. The van der Waals surface area contributed by atoms with Crippen LogP contribution in [-0.2, 0) is 12.7 Å². The molecular formula is C8H11F3N3O. The van der Waals surface area contributed by atoms with E-state index in [0.717, 1.165) is 4.68 Å². The Morgan fingerprint density at radius 2 is 2.07 bits per heavy atom. The average molecular weight is 222 g/mol. The average Bonchev–Trinajstić information content (AvgIpc) is 2.41. The minimum Gasteiger partial charge on any atom is -0.396 e. The topological polar surface area (TPSA) is 64.1 Å². The summed E-state index contributed by atoms with van der Waals surface area (Å²) in [5, 5.41) is 11.8. The minimum atomic E-state index is -4.55. The van der Waals surface area contributed by atoms with Gasteiger partial charge in [0.05, 0.1) is 0 Å². The zero-order valence-corrected chi connectivity index (χ0v) is 7.88. The molecule has 0 amide bonds. The highest BCUT2D eigenvalue weighted by molar-refractivity contribution is 5.46. The molecule has 0 bridgehead atoms. The van der Waals surface area contributed by atoms with E-state index >= 15 is 0 Å². The highest BCUT2D eigenvalue weighted by Crippen LogP contribution is 2.32. The van der Waals surface area contributed by atoms with Gasteiger partial charge in [0, 0.05) is 18.7 Å². The van der Waals surface area contributed by atoms with Gasteiger partial charge in [0.1, 0.15) is 5.82 Å². The second-order valence-corrected chi connectivity index (χ2v) is 3.01. The number of anilines is 1. The number of halogens is 3. The summed E-state index contributed by atoms with van der Waals surface area (Å²) < 4.78 is 38.0. The van der Waals surface area contributed by atoms with Gasteiger partial charge >= 0.3 is 6.18 Å². The lowest BCUT2D eigenvalue weighted by molar-refractivity contribution is -0.141. The fraction of sp³-hybridized carbons (Fsp3) is 0.500. The predicted molar refractivity (Wildman–Crippen MR) is 47.8 cm³/mol. The highest BCUT2D eigenvalue weighted by atomic mass is 19.4.